The molecule has 1 heterocycles. The zero-order valence-electron chi connectivity index (χ0n) is 10.7. The number of amides is 1. The molecule has 3 rings (SSSR count). The first-order valence-corrected chi connectivity index (χ1v) is 6.03. The van der Waals surface area contributed by atoms with Gasteiger partial charge in [-0.2, -0.15) is 0 Å². The van der Waals surface area contributed by atoms with Crippen molar-refractivity contribution in [2.75, 3.05) is 0 Å². The monoisotopic (exact) mass is 255 g/mol. The number of hydrogen-bond donors (Lipinski definition) is 0. The van der Waals surface area contributed by atoms with E-state index >= 15 is 0 Å². The predicted octanol–water partition coefficient (Wildman–Crippen LogP) is 2.91. The fourth-order valence-corrected chi connectivity index (χ4v) is 1.88. The van der Waals surface area contributed by atoms with Crippen LogP contribution in [0.4, 0.5) is 0 Å². The molecule has 0 atom stereocenters. The van der Waals surface area contributed by atoms with Gasteiger partial charge < -0.3 is 9.47 Å². The van der Waals surface area contributed by atoms with Crippen LogP contribution in [0.15, 0.2) is 47.5 Å². The second kappa shape index (κ2) is 4.09. The standard InChI is InChI=1S/C15H13NO3/c1-15(2)13(17)16-14(19-15)18-12-8-7-10-5-3-4-6-11(10)9-12/h3-9H,1-2H3. The minimum Gasteiger partial charge on any atom is -0.434 e. The molecular weight excluding hydrogens is 242 g/mol. The Hall–Kier alpha value is -2.36. The number of nitrogens with zero attached hydrogens (tertiary/aromatic N) is 1. The highest BCUT2D eigenvalue weighted by atomic mass is 16.7. The number of hydrogen-bond acceptors (Lipinski definition) is 3. The normalized spacial score (nSPS) is 17.2. The average molecular weight is 255 g/mol. The van der Waals surface area contributed by atoms with Crippen LogP contribution in [0.25, 0.3) is 10.8 Å². The number of carbonyl (C=O) groups excluding carboxylic acids is 1. The van der Waals surface area contributed by atoms with Crippen LogP contribution >= 0.6 is 0 Å². The molecule has 4 heteroatoms. The van der Waals surface area contributed by atoms with E-state index in [1.807, 2.05) is 42.5 Å². The summed E-state index contributed by atoms with van der Waals surface area (Å²) in [6, 6.07) is 13.6. The van der Waals surface area contributed by atoms with Gasteiger partial charge in [0, 0.05) is 0 Å². The molecule has 0 saturated heterocycles. The number of rotatable bonds is 1. The van der Waals surface area contributed by atoms with Crippen LogP contribution in [0, 0.1) is 0 Å². The molecule has 0 fully saturated rings. The van der Waals surface area contributed by atoms with Gasteiger partial charge in [-0.3, -0.25) is 4.79 Å². The molecule has 19 heavy (non-hydrogen) atoms. The van der Waals surface area contributed by atoms with Crippen molar-refractivity contribution in [2.24, 2.45) is 4.99 Å². The van der Waals surface area contributed by atoms with Gasteiger partial charge in [0.25, 0.3) is 5.91 Å². The molecule has 0 aromatic heterocycles. The lowest BCUT2D eigenvalue weighted by Gasteiger charge is -2.14. The molecule has 0 N–H and O–H groups in total. The summed E-state index contributed by atoms with van der Waals surface area (Å²) in [6.45, 7) is 3.32. The van der Waals surface area contributed by atoms with Crippen molar-refractivity contribution in [3.05, 3.63) is 42.5 Å². The Kier molecular flexibility index (Phi) is 2.52. The van der Waals surface area contributed by atoms with Gasteiger partial charge in [0.2, 0.25) is 0 Å². The molecule has 96 valence electrons. The Morgan fingerprint density at radius 2 is 1.84 bits per heavy atom. The average Bonchev–Trinajstić information content (AvgIpc) is 2.62. The molecule has 1 aliphatic heterocycles. The van der Waals surface area contributed by atoms with Gasteiger partial charge in [0.1, 0.15) is 5.75 Å². The lowest BCUT2D eigenvalue weighted by atomic mass is 10.1. The van der Waals surface area contributed by atoms with E-state index in [0.717, 1.165) is 10.8 Å². The quantitative estimate of drug-likeness (QED) is 0.787. The summed E-state index contributed by atoms with van der Waals surface area (Å²) in [4.78, 5) is 15.3. The minimum atomic E-state index is -0.938. The summed E-state index contributed by atoms with van der Waals surface area (Å²) in [5, 5.41) is 2.18. The molecule has 0 bridgehead atoms. The van der Waals surface area contributed by atoms with Crippen molar-refractivity contribution >= 4 is 22.8 Å². The van der Waals surface area contributed by atoms with Gasteiger partial charge in [0.05, 0.1) is 0 Å². The molecule has 0 radical (unpaired) electrons. The van der Waals surface area contributed by atoms with E-state index in [4.69, 9.17) is 9.47 Å². The third-order valence-corrected chi connectivity index (χ3v) is 2.98. The summed E-state index contributed by atoms with van der Waals surface area (Å²) in [5.41, 5.74) is -0.938. The van der Waals surface area contributed by atoms with E-state index in [9.17, 15) is 4.79 Å². The molecule has 2 aromatic carbocycles. The third kappa shape index (κ3) is 2.17. The van der Waals surface area contributed by atoms with E-state index in [1.54, 1.807) is 13.8 Å². The Labute approximate surface area is 110 Å². The minimum absolute atomic E-state index is 0.00489. The Bertz CT molecular complexity index is 689. The van der Waals surface area contributed by atoms with Gasteiger partial charge >= 0.3 is 6.08 Å². The zero-order chi connectivity index (χ0) is 13.5. The Morgan fingerprint density at radius 1 is 1.11 bits per heavy atom. The Balaban J connectivity index is 1.87. The molecular formula is C15H13NO3. The van der Waals surface area contributed by atoms with Gasteiger partial charge in [0.15, 0.2) is 5.60 Å². The summed E-state index contributed by atoms with van der Waals surface area (Å²) in [5.74, 6) is 0.270. The van der Waals surface area contributed by atoms with E-state index in [-0.39, 0.29) is 12.0 Å². The molecule has 1 amide bonds. The summed E-state index contributed by atoms with van der Waals surface area (Å²) in [7, 11) is 0. The van der Waals surface area contributed by atoms with Crippen LogP contribution in [0.2, 0.25) is 0 Å². The van der Waals surface area contributed by atoms with Gasteiger partial charge in [-0.05, 0) is 36.8 Å². The molecule has 2 aromatic rings. The van der Waals surface area contributed by atoms with Gasteiger partial charge in [-0.1, -0.05) is 30.3 Å². The summed E-state index contributed by atoms with van der Waals surface area (Å²) in [6.07, 6.45) is 0.00489. The zero-order valence-corrected chi connectivity index (χ0v) is 10.7. The maximum absolute atomic E-state index is 11.5. The maximum Gasteiger partial charge on any atom is 0.398 e. The molecule has 0 spiro atoms. The van der Waals surface area contributed by atoms with Crippen LogP contribution in [0.5, 0.6) is 5.75 Å². The topological polar surface area (TPSA) is 47.9 Å². The number of benzene rings is 2. The van der Waals surface area contributed by atoms with E-state index < -0.39 is 5.60 Å². The number of ether oxygens (including phenoxy) is 2. The van der Waals surface area contributed by atoms with Crippen molar-refractivity contribution in [3.8, 4) is 5.75 Å². The highest BCUT2D eigenvalue weighted by Crippen LogP contribution is 2.24. The predicted molar refractivity (Wildman–Crippen MR) is 72.2 cm³/mol. The summed E-state index contributed by atoms with van der Waals surface area (Å²) < 4.78 is 10.9. The number of carbonyl (C=O) groups is 1. The van der Waals surface area contributed by atoms with E-state index in [1.165, 1.54) is 0 Å². The fourth-order valence-electron chi connectivity index (χ4n) is 1.88. The highest BCUT2D eigenvalue weighted by molar-refractivity contribution is 5.99. The highest BCUT2D eigenvalue weighted by Gasteiger charge is 2.38. The van der Waals surface area contributed by atoms with Crippen molar-refractivity contribution in [3.63, 3.8) is 0 Å². The van der Waals surface area contributed by atoms with Crippen molar-refractivity contribution < 1.29 is 14.3 Å². The number of fused-ring (bicyclic) bond motifs is 1. The van der Waals surface area contributed by atoms with Crippen LogP contribution in [0.3, 0.4) is 0 Å². The first kappa shape index (κ1) is 11.7. The second-order valence-corrected chi connectivity index (χ2v) is 4.91. The molecule has 1 aliphatic rings. The first-order valence-electron chi connectivity index (χ1n) is 6.03. The largest absolute Gasteiger partial charge is 0.434 e. The number of aliphatic imine (C=N–C) groups is 1. The maximum atomic E-state index is 11.5. The van der Waals surface area contributed by atoms with Crippen molar-refractivity contribution in [1.29, 1.82) is 0 Å². The van der Waals surface area contributed by atoms with Crippen molar-refractivity contribution in [1.82, 2.24) is 0 Å². The molecule has 0 saturated carbocycles. The van der Waals surface area contributed by atoms with Gasteiger partial charge in [-0.25, -0.2) is 0 Å². The van der Waals surface area contributed by atoms with E-state index in [0.29, 0.717) is 5.75 Å². The Morgan fingerprint density at radius 3 is 2.53 bits per heavy atom. The van der Waals surface area contributed by atoms with Crippen LogP contribution in [0.1, 0.15) is 13.8 Å². The van der Waals surface area contributed by atoms with E-state index in [2.05, 4.69) is 4.99 Å². The third-order valence-electron chi connectivity index (χ3n) is 2.98. The van der Waals surface area contributed by atoms with Crippen LogP contribution in [-0.2, 0) is 9.53 Å². The smallest absolute Gasteiger partial charge is 0.398 e. The SMILES string of the molecule is CC1(C)OC(Oc2ccc3ccccc3c2)=NC1=O. The fraction of sp³-hybridized carbons (Fsp3) is 0.200. The summed E-state index contributed by atoms with van der Waals surface area (Å²) >= 11 is 0. The van der Waals surface area contributed by atoms with Crippen molar-refractivity contribution in [2.45, 2.75) is 19.4 Å². The molecule has 0 unspecified atom stereocenters. The van der Waals surface area contributed by atoms with Crippen LogP contribution in [-0.4, -0.2) is 17.6 Å². The lowest BCUT2D eigenvalue weighted by molar-refractivity contribution is -0.128. The van der Waals surface area contributed by atoms with Gasteiger partial charge in [-0.15, -0.1) is 4.99 Å². The first-order chi connectivity index (χ1) is 9.04. The van der Waals surface area contributed by atoms with Crippen LogP contribution < -0.4 is 4.74 Å². The second-order valence-electron chi connectivity index (χ2n) is 4.91. The molecule has 0 aliphatic carbocycles. The lowest BCUT2D eigenvalue weighted by Crippen LogP contribution is -2.29. The molecule has 4 nitrogen and oxygen atoms in total.